The van der Waals surface area contributed by atoms with Gasteiger partial charge in [0.15, 0.2) is 4.77 Å². The number of benzene rings is 2. The fraction of sp³-hybridized carbons (Fsp3) is 0. The van der Waals surface area contributed by atoms with Crippen LogP contribution in [0.3, 0.4) is 0 Å². The first-order chi connectivity index (χ1) is 10.5. The van der Waals surface area contributed by atoms with Gasteiger partial charge in [-0.2, -0.15) is 0 Å². The van der Waals surface area contributed by atoms with Crippen molar-refractivity contribution in [3.8, 4) is 0 Å². The standard InChI is InChI=1S/C15H8Br2N2O2S/c16-8-5-6-12-10(7-8)14(21)19(15(22)18-12)13(20)9-3-1-2-4-11(9)17/h1-7H,(H,18,22). The molecule has 0 saturated carbocycles. The molecule has 0 spiro atoms. The zero-order valence-corrected chi connectivity index (χ0v) is 15.0. The Balaban J connectivity index is 2.32. The Labute approximate surface area is 147 Å². The van der Waals surface area contributed by atoms with Crippen molar-refractivity contribution in [2.45, 2.75) is 0 Å². The SMILES string of the molecule is O=C(c1ccccc1Br)n1c(=S)[nH]c2ccc(Br)cc2c1=O. The van der Waals surface area contributed by atoms with Crippen molar-refractivity contribution in [2.75, 3.05) is 0 Å². The Bertz CT molecular complexity index is 1020. The molecule has 3 aromatic rings. The Morgan fingerprint density at radius 2 is 1.86 bits per heavy atom. The molecule has 0 radical (unpaired) electrons. The van der Waals surface area contributed by atoms with Gasteiger partial charge in [0, 0.05) is 8.95 Å². The van der Waals surface area contributed by atoms with Gasteiger partial charge in [-0.25, -0.2) is 4.57 Å². The summed E-state index contributed by atoms with van der Waals surface area (Å²) >= 11 is 11.8. The fourth-order valence-corrected chi connectivity index (χ4v) is 3.22. The average Bonchev–Trinajstić information content (AvgIpc) is 2.48. The molecule has 0 aliphatic heterocycles. The second-order valence-electron chi connectivity index (χ2n) is 4.55. The van der Waals surface area contributed by atoms with Gasteiger partial charge in [0.2, 0.25) is 0 Å². The largest absolute Gasteiger partial charge is 0.331 e. The molecule has 1 aromatic heterocycles. The maximum atomic E-state index is 12.7. The average molecular weight is 440 g/mol. The van der Waals surface area contributed by atoms with Gasteiger partial charge in [-0.15, -0.1) is 0 Å². The van der Waals surface area contributed by atoms with Crippen molar-refractivity contribution < 1.29 is 4.79 Å². The highest BCUT2D eigenvalue weighted by Crippen LogP contribution is 2.18. The summed E-state index contributed by atoms with van der Waals surface area (Å²) in [5, 5.41) is 0.392. The van der Waals surface area contributed by atoms with Gasteiger partial charge in [-0.3, -0.25) is 9.59 Å². The first-order valence-corrected chi connectivity index (χ1v) is 8.22. The lowest BCUT2D eigenvalue weighted by molar-refractivity contribution is 0.0953. The molecule has 22 heavy (non-hydrogen) atoms. The molecule has 3 rings (SSSR count). The third kappa shape index (κ3) is 2.60. The molecule has 0 amide bonds. The Morgan fingerprint density at radius 3 is 2.59 bits per heavy atom. The van der Waals surface area contributed by atoms with Crippen molar-refractivity contribution in [2.24, 2.45) is 0 Å². The maximum Gasteiger partial charge on any atom is 0.269 e. The molecule has 0 aliphatic rings. The number of H-pyrrole nitrogens is 1. The maximum absolute atomic E-state index is 12.7. The number of halogens is 2. The van der Waals surface area contributed by atoms with E-state index in [4.69, 9.17) is 12.2 Å². The quantitative estimate of drug-likeness (QED) is 0.576. The van der Waals surface area contributed by atoms with E-state index < -0.39 is 11.5 Å². The number of carbonyl (C=O) groups is 1. The van der Waals surface area contributed by atoms with Gasteiger partial charge in [0.25, 0.3) is 11.5 Å². The van der Waals surface area contributed by atoms with E-state index in [1.54, 1.807) is 42.5 Å². The van der Waals surface area contributed by atoms with E-state index in [1.165, 1.54) is 0 Å². The molecule has 7 heteroatoms. The predicted molar refractivity (Wildman–Crippen MR) is 95.0 cm³/mol. The third-order valence-corrected chi connectivity index (χ3v) is 4.64. The Kier molecular flexibility index (Phi) is 4.12. The molecule has 0 atom stereocenters. The van der Waals surface area contributed by atoms with Crippen molar-refractivity contribution in [1.29, 1.82) is 0 Å². The lowest BCUT2D eigenvalue weighted by Crippen LogP contribution is -2.29. The van der Waals surface area contributed by atoms with E-state index in [-0.39, 0.29) is 4.77 Å². The van der Waals surface area contributed by atoms with Crippen LogP contribution in [-0.2, 0) is 0 Å². The number of hydrogen-bond donors (Lipinski definition) is 1. The summed E-state index contributed by atoms with van der Waals surface area (Å²) < 4.78 is 2.41. The van der Waals surface area contributed by atoms with Gasteiger partial charge in [0.1, 0.15) is 0 Å². The second-order valence-corrected chi connectivity index (χ2v) is 6.70. The minimum absolute atomic E-state index is 0.0700. The van der Waals surface area contributed by atoms with E-state index >= 15 is 0 Å². The number of fused-ring (bicyclic) bond motifs is 1. The van der Waals surface area contributed by atoms with E-state index in [0.717, 1.165) is 9.04 Å². The van der Waals surface area contributed by atoms with Crippen LogP contribution >= 0.6 is 44.1 Å². The number of nitrogens with one attached hydrogen (secondary N) is 1. The monoisotopic (exact) mass is 438 g/mol. The number of nitrogens with zero attached hydrogens (tertiary/aromatic N) is 1. The molecule has 0 fully saturated rings. The summed E-state index contributed by atoms with van der Waals surface area (Å²) in [6, 6.07) is 12.1. The van der Waals surface area contributed by atoms with Crippen molar-refractivity contribution in [1.82, 2.24) is 9.55 Å². The van der Waals surface area contributed by atoms with Gasteiger partial charge >= 0.3 is 0 Å². The summed E-state index contributed by atoms with van der Waals surface area (Å²) in [5.74, 6) is -0.472. The summed E-state index contributed by atoms with van der Waals surface area (Å²) in [6.07, 6.45) is 0. The van der Waals surface area contributed by atoms with Gasteiger partial charge in [0.05, 0.1) is 16.5 Å². The smallest absolute Gasteiger partial charge is 0.269 e. The summed E-state index contributed by atoms with van der Waals surface area (Å²) in [5.41, 5.74) is 0.522. The van der Waals surface area contributed by atoms with Crippen LogP contribution in [0.25, 0.3) is 10.9 Å². The molecule has 1 N–H and O–H groups in total. The lowest BCUT2D eigenvalue weighted by atomic mass is 10.2. The highest BCUT2D eigenvalue weighted by atomic mass is 79.9. The molecule has 110 valence electrons. The van der Waals surface area contributed by atoms with Gasteiger partial charge in [-0.05, 0) is 58.5 Å². The highest BCUT2D eigenvalue weighted by Gasteiger charge is 2.16. The predicted octanol–water partition coefficient (Wildman–Crippen LogP) is 4.27. The minimum Gasteiger partial charge on any atom is -0.331 e. The molecule has 0 unspecified atom stereocenters. The lowest BCUT2D eigenvalue weighted by Gasteiger charge is -2.08. The highest BCUT2D eigenvalue weighted by molar-refractivity contribution is 9.10. The van der Waals surface area contributed by atoms with Gasteiger partial charge in [-0.1, -0.05) is 28.1 Å². The third-order valence-electron chi connectivity index (χ3n) is 3.17. The number of hydrogen-bond acceptors (Lipinski definition) is 3. The van der Waals surface area contributed by atoms with Crippen LogP contribution in [0.15, 0.2) is 56.2 Å². The first-order valence-electron chi connectivity index (χ1n) is 6.23. The summed E-state index contributed by atoms with van der Waals surface area (Å²) in [7, 11) is 0. The number of aromatic amines is 1. The molecule has 1 heterocycles. The minimum atomic E-state index is -0.472. The van der Waals surface area contributed by atoms with Crippen molar-refractivity contribution in [3.05, 3.63) is 72.1 Å². The normalized spacial score (nSPS) is 10.8. The molecule has 2 aromatic carbocycles. The molecular weight excluding hydrogens is 432 g/mol. The van der Waals surface area contributed by atoms with Crippen LogP contribution in [0.1, 0.15) is 10.4 Å². The van der Waals surface area contributed by atoms with E-state index in [2.05, 4.69) is 36.8 Å². The molecule has 0 aliphatic carbocycles. The molecule has 0 saturated heterocycles. The Hall–Kier alpha value is -1.57. The van der Waals surface area contributed by atoms with Crippen LogP contribution in [0.2, 0.25) is 0 Å². The Morgan fingerprint density at radius 1 is 1.14 bits per heavy atom. The number of rotatable bonds is 1. The summed E-state index contributed by atoms with van der Waals surface area (Å²) in [6.45, 7) is 0. The molecule has 0 bridgehead atoms. The second kappa shape index (κ2) is 5.91. The van der Waals surface area contributed by atoms with Gasteiger partial charge < -0.3 is 4.98 Å². The molecular formula is C15H8Br2N2O2S. The molecule has 4 nitrogen and oxygen atoms in total. The van der Waals surface area contributed by atoms with Crippen LogP contribution in [0.5, 0.6) is 0 Å². The van der Waals surface area contributed by atoms with Crippen LogP contribution in [-0.4, -0.2) is 15.5 Å². The number of aromatic nitrogens is 2. The summed E-state index contributed by atoms with van der Waals surface area (Å²) in [4.78, 5) is 28.2. The fourth-order valence-electron chi connectivity index (χ4n) is 2.13. The van der Waals surface area contributed by atoms with Crippen LogP contribution in [0, 0.1) is 4.77 Å². The van der Waals surface area contributed by atoms with Crippen molar-refractivity contribution >= 4 is 60.9 Å². The zero-order chi connectivity index (χ0) is 15.9. The van der Waals surface area contributed by atoms with Crippen LogP contribution < -0.4 is 5.56 Å². The topological polar surface area (TPSA) is 54.9 Å². The van der Waals surface area contributed by atoms with E-state index in [9.17, 15) is 9.59 Å². The van der Waals surface area contributed by atoms with E-state index in [0.29, 0.717) is 20.9 Å². The van der Waals surface area contributed by atoms with Crippen molar-refractivity contribution in [3.63, 3.8) is 0 Å². The van der Waals surface area contributed by atoms with Crippen LogP contribution in [0.4, 0.5) is 0 Å². The zero-order valence-electron chi connectivity index (χ0n) is 11.0. The van der Waals surface area contributed by atoms with E-state index in [1.807, 2.05) is 0 Å². The first kappa shape index (κ1) is 15.3. The number of carbonyl (C=O) groups excluding carboxylic acids is 1.